The number of sulfone groups is 1. The van der Waals surface area contributed by atoms with Gasteiger partial charge in [-0.05, 0) is 18.4 Å². The van der Waals surface area contributed by atoms with Gasteiger partial charge >= 0.3 is 0 Å². The average Bonchev–Trinajstić information content (AvgIpc) is 3.10. The van der Waals surface area contributed by atoms with Crippen LogP contribution in [0.2, 0.25) is 0 Å². The van der Waals surface area contributed by atoms with E-state index in [1.807, 2.05) is 12.3 Å². The predicted molar refractivity (Wildman–Crippen MR) is 90.2 cm³/mol. The van der Waals surface area contributed by atoms with Crippen molar-refractivity contribution in [1.29, 1.82) is 0 Å². The molecule has 0 radical (unpaired) electrons. The van der Waals surface area contributed by atoms with Crippen molar-refractivity contribution < 1.29 is 8.42 Å². The van der Waals surface area contributed by atoms with E-state index in [2.05, 4.69) is 15.6 Å². The van der Waals surface area contributed by atoms with Crippen molar-refractivity contribution in [3.05, 3.63) is 35.6 Å². The van der Waals surface area contributed by atoms with Crippen molar-refractivity contribution in [2.75, 3.05) is 12.0 Å². The van der Waals surface area contributed by atoms with Crippen LogP contribution in [0.15, 0.2) is 18.5 Å². The van der Waals surface area contributed by atoms with E-state index in [0.29, 0.717) is 12.3 Å². The van der Waals surface area contributed by atoms with Crippen LogP contribution in [0.5, 0.6) is 0 Å². The van der Waals surface area contributed by atoms with Gasteiger partial charge in [-0.1, -0.05) is 25.3 Å². The second-order valence-corrected chi connectivity index (χ2v) is 8.93. The maximum Gasteiger partial charge on any atom is 0.156 e. The summed E-state index contributed by atoms with van der Waals surface area (Å²) in [5, 5.41) is 0. The van der Waals surface area contributed by atoms with Crippen molar-refractivity contribution >= 4 is 21.1 Å². The Morgan fingerprint density at radius 1 is 1.26 bits per heavy atom. The first-order chi connectivity index (χ1) is 11.0. The highest BCUT2D eigenvalue weighted by molar-refractivity contribution is 7.91. The molecule has 0 unspecified atom stereocenters. The molecule has 5 nitrogen and oxygen atoms in total. The van der Waals surface area contributed by atoms with E-state index in [1.165, 1.54) is 38.4 Å². The van der Waals surface area contributed by atoms with E-state index < -0.39 is 9.84 Å². The Morgan fingerprint density at radius 2 is 2.04 bits per heavy atom. The first kappa shape index (κ1) is 14.9. The van der Waals surface area contributed by atoms with Crippen LogP contribution in [0.3, 0.4) is 0 Å². The molecule has 0 bridgehead atoms. The molecule has 2 aliphatic carbocycles. The lowest BCUT2D eigenvalue weighted by molar-refractivity contribution is 0.438. The van der Waals surface area contributed by atoms with Gasteiger partial charge in [0.2, 0.25) is 0 Å². The van der Waals surface area contributed by atoms with E-state index in [4.69, 9.17) is 4.98 Å². The second-order valence-electron chi connectivity index (χ2n) is 6.79. The number of nitrogens with zero attached hydrogens (tertiary/aromatic N) is 3. The van der Waals surface area contributed by atoms with E-state index in [9.17, 15) is 8.42 Å². The third-order valence-electron chi connectivity index (χ3n) is 4.89. The summed E-state index contributed by atoms with van der Waals surface area (Å²) in [6.07, 6.45) is 14.1. The molecule has 0 spiro atoms. The van der Waals surface area contributed by atoms with E-state index in [1.54, 1.807) is 0 Å². The van der Waals surface area contributed by atoms with Crippen molar-refractivity contribution in [1.82, 2.24) is 14.4 Å². The average molecular weight is 331 g/mol. The minimum atomic E-state index is -3.06. The number of hydrogen-bond donors (Lipinski definition) is 0. The molecule has 122 valence electrons. The lowest BCUT2D eigenvalue weighted by atomic mass is 9.87. The van der Waals surface area contributed by atoms with Gasteiger partial charge < -0.3 is 0 Å². The molecule has 0 N–H and O–H groups in total. The first-order valence-corrected chi connectivity index (χ1v) is 10.3. The molecule has 6 heteroatoms. The van der Waals surface area contributed by atoms with Gasteiger partial charge in [-0.3, -0.25) is 9.38 Å². The summed E-state index contributed by atoms with van der Waals surface area (Å²) < 4.78 is 25.5. The first-order valence-electron chi connectivity index (χ1n) is 8.25. The Balaban J connectivity index is 1.78. The molecule has 2 aliphatic rings. The van der Waals surface area contributed by atoms with Gasteiger partial charge in [0.25, 0.3) is 0 Å². The fraction of sp³-hybridized carbons (Fsp3) is 0.529. The number of rotatable bonds is 3. The van der Waals surface area contributed by atoms with Gasteiger partial charge in [0.15, 0.2) is 15.5 Å². The van der Waals surface area contributed by atoms with E-state index >= 15 is 0 Å². The zero-order valence-electron chi connectivity index (χ0n) is 13.3. The van der Waals surface area contributed by atoms with Gasteiger partial charge in [0.1, 0.15) is 0 Å². The summed E-state index contributed by atoms with van der Waals surface area (Å²) in [6, 6.07) is 0. The molecule has 0 atom stereocenters. The molecule has 4 rings (SSSR count). The predicted octanol–water partition coefficient (Wildman–Crippen LogP) is 2.76. The number of hydrogen-bond acceptors (Lipinski definition) is 4. The van der Waals surface area contributed by atoms with E-state index in [0.717, 1.165) is 28.3 Å². The highest BCUT2D eigenvalue weighted by Crippen LogP contribution is 2.34. The Hall–Kier alpha value is -1.69. The van der Waals surface area contributed by atoms with Crippen LogP contribution in [0.25, 0.3) is 11.2 Å². The minimum Gasteiger partial charge on any atom is -0.297 e. The molecule has 1 fully saturated rings. The second kappa shape index (κ2) is 5.44. The molecule has 2 heterocycles. The van der Waals surface area contributed by atoms with Gasteiger partial charge in [0.05, 0.1) is 29.0 Å². The largest absolute Gasteiger partial charge is 0.297 e. The topological polar surface area (TPSA) is 64.3 Å². The fourth-order valence-corrected chi connectivity index (χ4v) is 4.65. The summed E-state index contributed by atoms with van der Waals surface area (Å²) in [5.41, 5.74) is 4.69. The van der Waals surface area contributed by atoms with Gasteiger partial charge in [0, 0.05) is 24.8 Å². The highest BCUT2D eigenvalue weighted by atomic mass is 32.2. The quantitative estimate of drug-likeness (QED) is 0.867. The van der Waals surface area contributed by atoms with E-state index in [-0.39, 0.29) is 5.75 Å². The van der Waals surface area contributed by atoms with Gasteiger partial charge in [-0.2, -0.15) is 0 Å². The Kier molecular flexibility index (Phi) is 3.52. The summed E-state index contributed by atoms with van der Waals surface area (Å²) in [6.45, 7) is 0. The van der Waals surface area contributed by atoms with Crippen molar-refractivity contribution in [2.24, 2.45) is 0 Å². The van der Waals surface area contributed by atoms with Crippen LogP contribution < -0.4 is 0 Å². The Bertz CT molecular complexity index is 890. The third kappa shape index (κ3) is 2.80. The summed E-state index contributed by atoms with van der Waals surface area (Å²) in [4.78, 5) is 9.26. The molecule has 23 heavy (non-hydrogen) atoms. The molecule has 0 amide bonds. The normalized spacial score (nSPS) is 19.1. The molecular weight excluding hydrogens is 310 g/mol. The van der Waals surface area contributed by atoms with Crippen LogP contribution >= 0.6 is 0 Å². The van der Waals surface area contributed by atoms with Crippen molar-refractivity contribution in [3.63, 3.8) is 0 Å². The smallest absolute Gasteiger partial charge is 0.156 e. The molecule has 0 aliphatic heterocycles. The van der Waals surface area contributed by atoms with Crippen LogP contribution in [0.1, 0.15) is 55.1 Å². The lowest BCUT2D eigenvalue weighted by Crippen LogP contribution is -2.08. The molecular formula is C17H21N3O2S. The lowest BCUT2D eigenvalue weighted by Gasteiger charge is -2.19. The van der Waals surface area contributed by atoms with Crippen molar-refractivity contribution in [3.8, 4) is 0 Å². The number of aromatic nitrogens is 3. The van der Waals surface area contributed by atoms with Crippen molar-refractivity contribution in [2.45, 2.75) is 44.4 Å². The van der Waals surface area contributed by atoms with Crippen LogP contribution in [0.4, 0.5) is 0 Å². The van der Waals surface area contributed by atoms with Crippen LogP contribution in [-0.4, -0.2) is 34.8 Å². The van der Waals surface area contributed by atoms with Crippen LogP contribution in [0, 0.1) is 0 Å². The molecule has 0 aromatic carbocycles. The van der Waals surface area contributed by atoms with Gasteiger partial charge in [-0.15, -0.1) is 0 Å². The summed E-state index contributed by atoms with van der Waals surface area (Å²) in [5.74, 6) is 0.598. The van der Waals surface area contributed by atoms with Gasteiger partial charge in [-0.25, -0.2) is 13.4 Å². The SMILES string of the molecule is CS(=O)(=O)CC1=CCc2ncc3nc(C4CCCCC4)cn3c21. The molecule has 1 saturated carbocycles. The molecule has 0 saturated heterocycles. The third-order valence-corrected chi connectivity index (χ3v) is 5.72. The highest BCUT2D eigenvalue weighted by Gasteiger charge is 2.24. The number of fused-ring (bicyclic) bond motifs is 3. The summed E-state index contributed by atoms with van der Waals surface area (Å²) in [7, 11) is -3.06. The maximum atomic E-state index is 11.7. The maximum absolute atomic E-state index is 11.7. The van der Waals surface area contributed by atoms with Crippen LogP contribution in [-0.2, 0) is 16.3 Å². The minimum absolute atomic E-state index is 0.0672. The zero-order chi connectivity index (χ0) is 16.0. The Morgan fingerprint density at radius 3 is 2.78 bits per heavy atom. The molecule has 2 aromatic rings. The fourth-order valence-electron chi connectivity index (χ4n) is 3.83. The monoisotopic (exact) mass is 331 g/mol. The number of allylic oxidation sites excluding steroid dienone is 1. The summed E-state index contributed by atoms with van der Waals surface area (Å²) >= 11 is 0. The number of imidazole rings is 1. The standard InChI is InChI=1S/C17H21N3O2S/c1-23(21,22)11-13-7-8-14-17(13)20-10-15(19-16(20)9-18-14)12-5-3-2-4-6-12/h7,9-10,12H,2-6,8,11H2,1H3. The molecule has 2 aromatic heterocycles. The zero-order valence-corrected chi connectivity index (χ0v) is 14.1. The Labute approximate surface area is 136 Å².